The van der Waals surface area contributed by atoms with Crippen LogP contribution in [0.1, 0.15) is 50.8 Å². The molecule has 0 unspecified atom stereocenters. The van der Waals surface area contributed by atoms with Gasteiger partial charge in [-0.1, -0.05) is 17.7 Å². The molecule has 2 aliphatic rings. The topological polar surface area (TPSA) is 70.5 Å². The zero-order valence-electron chi connectivity index (χ0n) is 17.5. The number of amides is 2. The zero-order valence-corrected chi connectivity index (χ0v) is 17.5. The van der Waals surface area contributed by atoms with Gasteiger partial charge < -0.3 is 19.7 Å². The van der Waals surface area contributed by atoms with Crippen molar-refractivity contribution in [2.45, 2.75) is 39.7 Å². The number of fused-ring (bicyclic) bond motifs is 1. The highest BCUT2D eigenvalue weighted by molar-refractivity contribution is 6.04. The maximum atomic E-state index is 13.2. The van der Waals surface area contributed by atoms with E-state index in [1.54, 1.807) is 0 Å². The Balaban J connectivity index is 1.62. The molecule has 3 heterocycles. The van der Waals surface area contributed by atoms with Crippen molar-refractivity contribution in [1.82, 2.24) is 19.4 Å². The van der Waals surface area contributed by atoms with Crippen molar-refractivity contribution in [2.24, 2.45) is 0 Å². The van der Waals surface area contributed by atoms with Crippen molar-refractivity contribution >= 4 is 17.5 Å². The van der Waals surface area contributed by atoms with Gasteiger partial charge in [0.05, 0.1) is 5.69 Å². The average molecular weight is 396 g/mol. The van der Waals surface area contributed by atoms with Crippen LogP contribution < -0.4 is 5.32 Å². The summed E-state index contributed by atoms with van der Waals surface area (Å²) < 4.78 is 1.95. The van der Waals surface area contributed by atoms with Gasteiger partial charge in [0.25, 0.3) is 11.8 Å². The van der Waals surface area contributed by atoms with Crippen molar-refractivity contribution < 1.29 is 9.59 Å². The van der Waals surface area contributed by atoms with Crippen molar-refractivity contribution in [2.75, 3.05) is 38.5 Å². The highest BCUT2D eigenvalue weighted by Gasteiger charge is 2.31. The zero-order chi connectivity index (χ0) is 20.5. The molecule has 2 amide bonds. The van der Waals surface area contributed by atoms with E-state index in [4.69, 9.17) is 0 Å². The van der Waals surface area contributed by atoms with Gasteiger partial charge in [-0.2, -0.15) is 0 Å². The molecule has 0 atom stereocenters. The van der Waals surface area contributed by atoms with Gasteiger partial charge in [-0.25, -0.2) is 4.98 Å². The normalized spacial score (nSPS) is 17.1. The first-order valence-electron chi connectivity index (χ1n) is 10.4. The van der Waals surface area contributed by atoms with Gasteiger partial charge >= 0.3 is 0 Å². The molecule has 2 aliphatic heterocycles. The molecule has 0 saturated carbocycles. The number of carbonyl (C=O) groups is 2. The van der Waals surface area contributed by atoms with Crippen LogP contribution in [0.2, 0.25) is 0 Å². The van der Waals surface area contributed by atoms with Crippen molar-refractivity contribution in [3.05, 3.63) is 46.5 Å². The molecule has 0 bridgehead atoms. The second kappa shape index (κ2) is 7.99. The van der Waals surface area contributed by atoms with Crippen LogP contribution in [0.5, 0.6) is 0 Å². The molecule has 7 heteroatoms. The molecule has 2 aromatic rings. The second-order valence-electron chi connectivity index (χ2n) is 8.21. The number of nitrogens with one attached hydrogen (secondary N) is 1. The number of likely N-dealkylation sites (N-methyl/N-ethyl adjacent to an activating group) is 1. The van der Waals surface area contributed by atoms with Crippen LogP contribution in [-0.4, -0.2) is 64.4 Å². The van der Waals surface area contributed by atoms with Crippen LogP contribution in [0.15, 0.2) is 18.2 Å². The quantitative estimate of drug-likeness (QED) is 0.867. The molecule has 1 fully saturated rings. The van der Waals surface area contributed by atoms with E-state index in [2.05, 4.69) is 22.2 Å². The molecule has 4 rings (SSSR count). The van der Waals surface area contributed by atoms with E-state index in [0.717, 1.165) is 61.4 Å². The van der Waals surface area contributed by atoms with E-state index in [9.17, 15) is 9.59 Å². The first kappa shape index (κ1) is 19.6. The summed E-state index contributed by atoms with van der Waals surface area (Å²) in [5, 5.41) is 2.99. The summed E-state index contributed by atoms with van der Waals surface area (Å²) >= 11 is 0. The Hall–Kier alpha value is -2.67. The van der Waals surface area contributed by atoms with E-state index >= 15 is 0 Å². The number of anilines is 1. The first-order valence-corrected chi connectivity index (χ1v) is 10.4. The van der Waals surface area contributed by atoms with Gasteiger partial charge in [-0.3, -0.25) is 9.59 Å². The number of benzene rings is 1. The van der Waals surface area contributed by atoms with Crippen LogP contribution in [-0.2, 0) is 13.0 Å². The molecular weight excluding hydrogens is 366 g/mol. The number of aryl methyl sites for hydroxylation is 2. The number of carbonyl (C=O) groups excluding carboxylic acids is 2. The predicted octanol–water partition coefficient (Wildman–Crippen LogP) is 2.48. The molecule has 29 heavy (non-hydrogen) atoms. The summed E-state index contributed by atoms with van der Waals surface area (Å²) in [6.45, 7) is 7.86. The van der Waals surface area contributed by atoms with E-state index in [1.807, 2.05) is 41.5 Å². The lowest BCUT2D eigenvalue weighted by molar-refractivity contribution is 0.0657. The van der Waals surface area contributed by atoms with Gasteiger partial charge in [-0.05, 0) is 51.8 Å². The van der Waals surface area contributed by atoms with E-state index < -0.39 is 0 Å². The Labute approximate surface area is 171 Å². The molecule has 1 aromatic heterocycles. The van der Waals surface area contributed by atoms with Crippen LogP contribution in [0, 0.1) is 13.8 Å². The average Bonchev–Trinajstić information content (AvgIpc) is 3.10. The standard InChI is InChI=1S/C22H29N5O2/c1-15-7-8-17(16(2)14-15)23-21(28)20-24-19(18-6-4-5-9-27(18)20)22(29)26-12-10-25(3)11-13-26/h7-8,14H,4-6,9-13H2,1-3H3,(H,23,28). The molecule has 154 valence electrons. The van der Waals surface area contributed by atoms with E-state index in [-0.39, 0.29) is 11.8 Å². The fourth-order valence-corrected chi connectivity index (χ4v) is 4.18. The third kappa shape index (κ3) is 3.92. The number of piperazine rings is 1. The largest absolute Gasteiger partial charge is 0.335 e. The Morgan fingerprint density at radius 1 is 1.03 bits per heavy atom. The van der Waals surface area contributed by atoms with Crippen molar-refractivity contribution in [3.8, 4) is 0 Å². The summed E-state index contributed by atoms with van der Waals surface area (Å²) in [7, 11) is 2.07. The Morgan fingerprint density at radius 3 is 2.52 bits per heavy atom. The van der Waals surface area contributed by atoms with Crippen LogP contribution in [0.25, 0.3) is 0 Å². The highest BCUT2D eigenvalue weighted by atomic mass is 16.2. The van der Waals surface area contributed by atoms with Crippen LogP contribution >= 0.6 is 0 Å². The van der Waals surface area contributed by atoms with Gasteiger partial charge in [0.2, 0.25) is 0 Å². The SMILES string of the molecule is Cc1ccc(NC(=O)c2nc(C(=O)N3CCN(C)CC3)c3n2CCCC3)c(C)c1. The fourth-order valence-electron chi connectivity index (χ4n) is 4.18. The van der Waals surface area contributed by atoms with Crippen molar-refractivity contribution in [3.63, 3.8) is 0 Å². The van der Waals surface area contributed by atoms with Gasteiger partial charge in [0, 0.05) is 38.4 Å². The minimum Gasteiger partial charge on any atom is -0.335 e. The molecule has 1 N–H and O–H groups in total. The summed E-state index contributed by atoms with van der Waals surface area (Å²) in [5.41, 5.74) is 4.31. The lowest BCUT2D eigenvalue weighted by Gasteiger charge is -2.32. The van der Waals surface area contributed by atoms with Crippen LogP contribution in [0.3, 0.4) is 0 Å². The minimum atomic E-state index is -0.252. The smallest absolute Gasteiger partial charge is 0.291 e. The maximum Gasteiger partial charge on any atom is 0.291 e. The fraction of sp³-hybridized carbons (Fsp3) is 0.500. The van der Waals surface area contributed by atoms with Gasteiger partial charge in [0.1, 0.15) is 5.69 Å². The maximum absolute atomic E-state index is 13.2. The number of hydrogen-bond acceptors (Lipinski definition) is 4. The van der Waals surface area contributed by atoms with E-state index in [0.29, 0.717) is 24.6 Å². The molecule has 7 nitrogen and oxygen atoms in total. The molecule has 1 saturated heterocycles. The first-order chi connectivity index (χ1) is 13.9. The highest BCUT2D eigenvalue weighted by Crippen LogP contribution is 2.24. The van der Waals surface area contributed by atoms with Gasteiger partial charge in [-0.15, -0.1) is 0 Å². The molecule has 0 radical (unpaired) electrons. The predicted molar refractivity (Wildman–Crippen MR) is 112 cm³/mol. The van der Waals surface area contributed by atoms with Gasteiger partial charge in [0.15, 0.2) is 5.82 Å². The summed E-state index contributed by atoms with van der Waals surface area (Å²) in [4.78, 5) is 34.9. The molecular formula is C22H29N5O2. The van der Waals surface area contributed by atoms with Crippen LogP contribution in [0.4, 0.5) is 5.69 Å². The number of nitrogens with zero attached hydrogens (tertiary/aromatic N) is 4. The monoisotopic (exact) mass is 395 g/mol. The Kier molecular flexibility index (Phi) is 5.41. The van der Waals surface area contributed by atoms with Crippen molar-refractivity contribution in [1.29, 1.82) is 0 Å². The Morgan fingerprint density at radius 2 is 1.79 bits per heavy atom. The summed E-state index contributed by atoms with van der Waals surface area (Å²) in [5.74, 6) is 0.0454. The minimum absolute atomic E-state index is 0.0469. The number of rotatable bonds is 3. The second-order valence-corrected chi connectivity index (χ2v) is 8.21. The summed E-state index contributed by atoms with van der Waals surface area (Å²) in [6.07, 6.45) is 2.81. The molecule has 0 aliphatic carbocycles. The number of aromatic nitrogens is 2. The third-order valence-electron chi connectivity index (χ3n) is 5.94. The third-order valence-corrected chi connectivity index (χ3v) is 5.94. The summed E-state index contributed by atoms with van der Waals surface area (Å²) in [6, 6.07) is 5.93. The molecule has 0 spiro atoms. The molecule has 1 aromatic carbocycles. The lowest BCUT2D eigenvalue weighted by Crippen LogP contribution is -2.47. The number of hydrogen-bond donors (Lipinski definition) is 1. The lowest BCUT2D eigenvalue weighted by atomic mass is 10.1. The number of imidazole rings is 1. The van der Waals surface area contributed by atoms with E-state index in [1.165, 1.54) is 0 Å². The Bertz CT molecular complexity index is 941.